The molecular formula is C21H27N3O2. The van der Waals surface area contributed by atoms with Gasteiger partial charge in [0.05, 0.1) is 17.8 Å². The van der Waals surface area contributed by atoms with Gasteiger partial charge in [0.2, 0.25) is 0 Å². The topological polar surface area (TPSA) is 68.5 Å². The van der Waals surface area contributed by atoms with E-state index in [0.717, 1.165) is 29.7 Å². The third kappa shape index (κ3) is 4.41. The zero-order chi connectivity index (χ0) is 18.5. The number of hydrogen-bond acceptors (Lipinski definition) is 4. The molecule has 0 saturated carbocycles. The molecule has 1 amide bonds. The monoisotopic (exact) mass is 353 g/mol. The highest BCUT2D eigenvalue weighted by Crippen LogP contribution is 2.23. The van der Waals surface area contributed by atoms with Gasteiger partial charge in [0.1, 0.15) is 0 Å². The summed E-state index contributed by atoms with van der Waals surface area (Å²) < 4.78 is 5.42. The Morgan fingerprint density at radius 2 is 2.08 bits per heavy atom. The SMILES string of the molecule is CC(C)OC(=O)N1CCCC(N)C1Cc1ccnc(-c2ccccc2)c1. The smallest absolute Gasteiger partial charge is 0.410 e. The fourth-order valence-corrected chi connectivity index (χ4v) is 3.45. The molecule has 2 N–H and O–H groups in total. The molecule has 1 aliphatic heterocycles. The molecule has 2 aromatic rings. The molecule has 2 atom stereocenters. The Morgan fingerprint density at radius 1 is 1.31 bits per heavy atom. The first-order valence-corrected chi connectivity index (χ1v) is 9.28. The van der Waals surface area contributed by atoms with Crippen molar-refractivity contribution in [2.24, 2.45) is 5.73 Å². The van der Waals surface area contributed by atoms with Crippen molar-refractivity contribution in [3.05, 3.63) is 54.2 Å². The van der Waals surface area contributed by atoms with E-state index in [2.05, 4.69) is 11.1 Å². The lowest BCUT2D eigenvalue weighted by atomic mass is 9.91. The van der Waals surface area contributed by atoms with Gasteiger partial charge in [0.25, 0.3) is 0 Å². The number of nitrogens with two attached hydrogens (primary N) is 1. The minimum absolute atomic E-state index is 0.0446. The summed E-state index contributed by atoms with van der Waals surface area (Å²) >= 11 is 0. The van der Waals surface area contributed by atoms with Crippen LogP contribution in [-0.2, 0) is 11.2 Å². The molecule has 0 spiro atoms. The number of ether oxygens (including phenoxy) is 1. The van der Waals surface area contributed by atoms with Gasteiger partial charge in [0.15, 0.2) is 0 Å². The Morgan fingerprint density at radius 3 is 2.81 bits per heavy atom. The molecule has 0 aliphatic carbocycles. The van der Waals surface area contributed by atoms with Crippen LogP contribution in [0.25, 0.3) is 11.3 Å². The summed E-state index contributed by atoms with van der Waals surface area (Å²) in [6.45, 7) is 4.43. The molecule has 1 aromatic carbocycles. The van der Waals surface area contributed by atoms with Crippen molar-refractivity contribution in [2.45, 2.75) is 51.3 Å². The Balaban J connectivity index is 1.80. The maximum absolute atomic E-state index is 12.5. The number of aromatic nitrogens is 1. The van der Waals surface area contributed by atoms with Gasteiger partial charge in [-0.1, -0.05) is 30.3 Å². The molecule has 5 nitrogen and oxygen atoms in total. The minimum atomic E-state index is -0.266. The fraction of sp³-hybridized carbons (Fsp3) is 0.429. The average molecular weight is 353 g/mol. The minimum Gasteiger partial charge on any atom is -0.447 e. The zero-order valence-electron chi connectivity index (χ0n) is 15.5. The number of carbonyl (C=O) groups excluding carboxylic acids is 1. The van der Waals surface area contributed by atoms with Crippen LogP contribution in [-0.4, -0.2) is 40.7 Å². The van der Waals surface area contributed by atoms with Crippen molar-refractivity contribution in [3.63, 3.8) is 0 Å². The van der Waals surface area contributed by atoms with Crippen LogP contribution in [0.4, 0.5) is 4.79 Å². The lowest BCUT2D eigenvalue weighted by Crippen LogP contribution is -2.55. The van der Waals surface area contributed by atoms with Crippen LogP contribution in [0.3, 0.4) is 0 Å². The molecule has 1 fully saturated rings. The van der Waals surface area contributed by atoms with E-state index >= 15 is 0 Å². The first-order valence-electron chi connectivity index (χ1n) is 9.28. The van der Waals surface area contributed by atoms with Crippen LogP contribution < -0.4 is 5.73 Å². The normalized spacial score (nSPS) is 20.2. The van der Waals surface area contributed by atoms with Gasteiger partial charge in [0, 0.05) is 24.3 Å². The highest BCUT2D eigenvalue weighted by Gasteiger charge is 2.33. The van der Waals surface area contributed by atoms with E-state index in [4.69, 9.17) is 10.5 Å². The van der Waals surface area contributed by atoms with Crippen LogP contribution in [0.1, 0.15) is 32.3 Å². The van der Waals surface area contributed by atoms with Crippen LogP contribution in [0.2, 0.25) is 0 Å². The second kappa shape index (κ2) is 8.32. The van der Waals surface area contributed by atoms with Crippen molar-refractivity contribution < 1.29 is 9.53 Å². The van der Waals surface area contributed by atoms with Crippen molar-refractivity contribution >= 4 is 6.09 Å². The molecule has 0 bridgehead atoms. The van der Waals surface area contributed by atoms with Gasteiger partial charge >= 0.3 is 6.09 Å². The highest BCUT2D eigenvalue weighted by molar-refractivity contribution is 5.68. The summed E-state index contributed by atoms with van der Waals surface area (Å²) in [4.78, 5) is 18.8. The van der Waals surface area contributed by atoms with E-state index < -0.39 is 0 Å². The largest absolute Gasteiger partial charge is 0.447 e. The van der Waals surface area contributed by atoms with E-state index in [-0.39, 0.29) is 24.3 Å². The number of benzene rings is 1. The molecule has 2 heterocycles. The molecule has 1 aliphatic rings. The second-order valence-corrected chi connectivity index (χ2v) is 7.12. The number of nitrogens with zero attached hydrogens (tertiary/aromatic N) is 2. The lowest BCUT2D eigenvalue weighted by molar-refractivity contribution is 0.0479. The Hall–Kier alpha value is -2.40. The number of likely N-dealkylation sites (tertiary alicyclic amines) is 1. The predicted molar refractivity (Wildman–Crippen MR) is 103 cm³/mol. The predicted octanol–water partition coefficient (Wildman–Crippen LogP) is 3.63. The molecule has 1 saturated heterocycles. The van der Waals surface area contributed by atoms with Gasteiger partial charge in [-0.2, -0.15) is 0 Å². The molecule has 26 heavy (non-hydrogen) atoms. The van der Waals surface area contributed by atoms with E-state index in [1.54, 1.807) is 4.90 Å². The first-order chi connectivity index (χ1) is 12.5. The quantitative estimate of drug-likeness (QED) is 0.911. The summed E-state index contributed by atoms with van der Waals surface area (Å²) in [7, 11) is 0. The summed E-state index contributed by atoms with van der Waals surface area (Å²) in [6.07, 6.45) is 3.97. The molecule has 3 rings (SSSR count). The number of piperidine rings is 1. The van der Waals surface area contributed by atoms with Gasteiger partial charge in [-0.25, -0.2) is 4.79 Å². The van der Waals surface area contributed by atoms with Gasteiger partial charge in [-0.05, 0) is 50.8 Å². The molecular weight excluding hydrogens is 326 g/mol. The van der Waals surface area contributed by atoms with Crippen LogP contribution in [0.15, 0.2) is 48.7 Å². The molecule has 5 heteroatoms. The maximum atomic E-state index is 12.5. The fourth-order valence-electron chi connectivity index (χ4n) is 3.45. The zero-order valence-corrected chi connectivity index (χ0v) is 15.5. The number of pyridine rings is 1. The van der Waals surface area contributed by atoms with Crippen molar-refractivity contribution in [2.75, 3.05) is 6.54 Å². The summed E-state index contributed by atoms with van der Waals surface area (Å²) in [6, 6.07) is 14.1. The lowest BCUT2D eigenvalue weighted by Gasteiger charge is -2.39. The standard InChI is InChI=1S/C21H27N3O2/c1-15(2)26-21(25)24-12-6-9-18(22)20(24)14-16-10-11-23-19(13-16)17-7-4-3-5-8-17/h3-5,7-8,10-11,13,15,18,20H,6,9,12,14,22H2,1-2H3. The summed E-state index contributed by atoms with van der Waals surface area (Å²) in [5.41, 5.74) is 9.51. The second-order valence-electron chi connectivity index (χ2n) is 7.12. The number of hydrogen-bond donors (Lipinski definition) is 1. The molecule has 138 valence electrons. The Labute approximate surface area is 155 Å². The summed E-state index contributed by atoms with van der Waals surface area (Å²) in [5, 5.41) is 0. The van der Waals surface area contributed by atoms with Crippen LogP contribution >= 0.6 is 0 Å². The van der Waals surface area contributed by atoms with Crippen molar-refractivity contribution in [1.29, 1.82) is 0 Å². The van der Waals surface area contributed by atoms with Gasteiger partial charge < -0.3 is 15.4 Å². The first kappa shape index (κ1) is 18.4. The van der Waals surface area contributed by atoms with E-state index in [9.17, 15) is 4.79 Å². The van der Waals surface area contributed by atoms with Gasteiger partial charge in [-0.15, -0.1) is 0 Å². The molecule has 2 unspecified atom stereocenters. The van der Waals surface area contributed by atoms with Crippen molar-refractivity contribution in [1.82, 2.24) is 9.88 Å². The molecule has 1 aromatic heterocycles. The summed E-state index contributed by atoms with van der Waals surface area (Å²) in [5.74, 6) is 0. The Bertz CT molecular complexity index is 733. The van der Waals surface area contributed by atoms with Crippen molar-refractivity contribution in [3.8, 4) is 11.3 Å². The third-order valence-electron chi connectivity index (χ3n) is 4.74. The maximum Gasteiger partial charge on any atom is 0.410 e. The highest BCUT2D eigenvalue weighted by atomic mass is 16.6. The average Bonchev–Trinajstić information content (AvgIpc) is 2.64. The molecule has 0 radical (unpaired) electrons. The number of amides is 1. The van der Waals surface area contributed by atoms with Gasteiger partial charge in [-0.3, -0.25) is 4.98 Å². The van der Waals surface area contributed by atoms with E-state index in [0.29, 0.717) is 13.0 Å². The van der Waals surface area contributed by atoms with Crippen LogP contribution in [0, 0.1) is 0 Å². The van der Waals surface area contributed by atoms with E-state index in [1.807, 2.05) is 56.4 Å². The number of carbonyl (C=O) groups is 1. The Kier molecular flexibility index (Phi) is 5.89. The number of rotatable bonds is 4. The third-order valence-corrected chi connectivity index (χ3v) is 4.74. The van der Waals surface area contributed by atoms with E-state index in [1.165, 1.54) is 0 Å². The van der Waals surface area contributed by atoms with Crippen LogP contribution in [0.5, 0.6) is 0 Å².